The Morgan fingerprint density at radius 3 is 2.75 bits per heavy atom. The number of hydrogen-bond donors (Lipinski definition) is 1. The Morgan fingerprint density at radius 2 is 2.17 bits per heavy atom. The zero-order valence-corrected chi connectivity index (χ0v) is 7.63. The maximum absolute atomic E-state index is 10.5. The van der Waals surface area contributed by atoms with Crippen molar-refractivity contribution in [2.75, 3.05) is 0 Å². The molecule has 0 unspecified atom stereocenters. The van der Waals surface area contributed by atoms with Gasteiger partial charge in [0, 0.05) is 4.47 Å². The summed E-state index contributed by atoms with van der Waals surface area (Å²) < 4.78 is 0.974. The average Bonchev–Trinajstić information content (AvgIpc) is 1.94. The van der Waals surface area contributed by atoms with Gasteiger partial charge in [0.1, 0.15) is 0 Å². The molecule has 0 bridgehead atoms. The molecule has 60 valence electrons. The van der Waals surface area contributed by atoms with Crippen molar-refractivity contribution in [3.05, 3.63) is 33.8 Å². The topological polar surface area (TPSA) is 37.3 Å². The van der Waals surface area contributed by atoms with Crippen LogP contribution in [0.3, 0.4) is 0 Å². The lowest BCUT2D eigenvalue weighted by Crippen LogP contribution is -2.07. The van der Waals surface area contributed by atoms with Gasteiger partial charge in [0.25, 0.3) is 0 Å². The van der Waals surface area contributed by atoms with E-state index < -0.39 is 5.97 Å². The number of hydrogen-bond acceptors (Lipinski definition) is 1. The monoisotopic (exact) mass is 224 g/mol. The van der Waals surface area contributed by atoms with Gasteiger partial charge in [-0.15, -0.1) is 0 Å². The van der Waals surface area contributed by atoms with E-state index in [2.05, 4.69) is 15.9 Å². The third-order valence-electron chi connectivity index (χ3n) is 1.83. The van der Waals surface area contributed by atoms with E-state index in [1.807, 2.05) is 18.2 Å². The van der Waals surface area contributed by atoms with Gasteiger partial charge in [-0.05, 0) is 29.3 Å². The van der Waals surface area contributed by atoms with Crippen molar-refractivity contribution < 1.29 is 9.90 Å². The first kappa shape index (κ1) is 7.55. The lowest BCUT2D eigenvalue weighted by Gasteiger charge is -2.16. The van der Waals surface area contributed by atoms with E-state index in [-0.39, 0.29) is 0 Å². The lowest BCUT2D eigenvalue weighted by molar-refractivity contribution is -0.130. The van der Waals surface area contributed by atoms with Crippen LogP contribution in [0.2, 0.25) is 0 Å². The molecule has 0 fully saturated rings. The van der Waals surface area contributed by atoms with Crippen molar-refractivity contribution in [2.45, 2.75) is 0 Å². The fourth-order valence-corrected chi connectivity index (χ4v) is 1.61. The Balaban J connectivity index is 2.45. The zero-order chi connectivity index (χ0) is 8.72. The summed E-state index contributed by atoms with van der Waals surface area (Å²) in [5.41, 5.74) is 2.21. The third-order valence-corrected chi connectivity index (χ3v) is 2.33. The molecule has 1 aliphatic rings. The molecule has 0 radical (unpaired) electrons. The maximum Gasteiger partial charge on any atom is 0.336 e. The van der Waals surface area contributed by atoms with Gasteiger partial charge >= 0.3 is 5.97 Å². The van der Waals surface area contributed by atoms with E-state index in [1.165, 1.54) is 0 Å². The summed E-state index contributed by atoms with van der Waals surface area (Å²) in [6.45, 7) is 0. The molecule has 12 heavy (non-hydrogen) atoms. The van der Waals surface area contributed by atoms with E-state index in [4.69, 9.17) is 5.11 Å². The van der Waals surface area contributed by atoms with Gasteiger partial charge in [-0.3, -0.25) is 0 Å². The van der Waals surface area contributed by atoms with Crippen LogP contribution in [0.25, 0.3) is 11.6 Å². The second-order valence-electron chi connectivity index (χ2n) is 2.59. The van der Waals surface area contributed by atoms with E-state index >= 15 is 0 Å². The largest absolute Gasteiger partial charge is 0.478 e. The number of aliphatic carboxylic acids is 1. The van der Waals surface area contributed by atoms with Crippen LogP contribution in [0.5, 0.6) is 0 Å². The molecule has 0 spiro atoms. The Hall–Kier alpha value is -1.09. The van der Waals surface area contributed by atoms with Gasteiger partial charge in [0.15, 0.2) is 0 Å². The van der Waals surface area contributed by atoms with Crippen LogP contribution in [0.4, 0.5) is 0 Å². The molecule has 0 aliphatic heterocycles. The minimum atomic E-state index is -0.857. The standard InChI is InChI=1S/C9H5BrO2/c10-6-1-2-7-5(3-6)4-8(7)9(11)12/h1-4H,(H,11,12). The number of halogens is 1. The van der Waals surface area contributed by atoms with Gasteiger partial charge in [-0.1, -0.05) is 22.0 Å². The summed E-state index contributed by atoms with van der Waals surface area (Å²) in [6.07, 6.45) is 1.67. The molecule has 0 saturated heterocycles. The van der Waals surface area contributed by atoms with Crippen molar-refractivity contribution in [3.8, 4) is 0 Å². The minimum Gasteiger partial charge on any atom is -0.478 e. The third kappa shape index (κ3) is 0.975. The van der Waals surface area contributed by atoms with Crippen LogP contribution in [-0.4, -0.2) is 11.1 Å². The van der Waals surface area contributed by atoms with Crippen LogP contribution in [0, 0.1) is 0 Å². The van der Waals surface area contributed by atoms with Crippen molar-refractivity contribution in [1.29, 1.82) is 0 Å². The van der Waals surface area contributed by atoms with Crippen LogP contribution < -0.4 is 0 Å². The molecule has 3 heteroatoms. The molecule has 1 N–H and O–H groups in total. The quantitative estimate of drug-likeness (QED) is 0.796. The summed E-state index contributed by atoms with van der Waals surface area (Å²) in [4.78, 5) is 10.5. The zero-order valence-electron chi connectivity index (χ0n) is 6.04. The lowest BCUT2D eigenvalue weighted by atomic mass is 9.89. The molecule has 0 aromatic heterocycles. The fourth-order valence-electron chi connectivity index (χ4n) is 1.23. The highest BCUT2D eigenvalue weighted by Gasteiger charge is 2.21. The minimum absolute atomic E-state index is 0.400. The summed E-state index contributed by atoms with van der Waals surface area (Å²) in [5.74, 6) is -0.857. The Bertz CT molecular complexity index is 394. The number of carboxylic acids is 1. The predicted molar refractivity (Wildman–Crippen MR) is 49.6 cm³/mol. The fraction of sp³-hybridized carbons (Fsp3) is 0. The molecular weight excluding hydrogens is 220 g/mol. The van der Waals surface area contributed by atoms with Gasteiger partial charge < -0.3 is 5.11 Å². The second-order valence-corrected chi connectivity index (χ2v) is 3.51. The molecule has 1 aromatic carbocycles. The van der Waals surface area contributed by atoms with E-state index in [0.29, 0.717) is 5.57 Å². The van der Waals surface area contributed by atoms with E-state index in [0.717, 1.165) is 15.6 Å². The number of carboxylic acid groups (broad SMARTS) is 1. The number of rotatable bonds is 1. The molecule has 0 amide bonds. The smallest absolute Gasteiger partial charge is 0.336 e. The van der Waals surface area contributed by atoms with Crippen molar-refractivity contribution in [1.82, 2.24) is 0 Å². The van der Waals surface area contributed by atoms with Gasteiger partial charge in [-0.2, -0.15) is 0 Å². The molecular formula is C9H5BrO2. The molecule has 0 atom stereocenters. The van der Waals surface area contributed by atoms with E-state index in [1.54, 1.807) is 6.08 Å². The molecule has 2 rings (SSSR count). The summed E-state index contributed by atoms with van der Waals surface area (Å²) >= 11 is 3.31. The van der Waals surface area contributed by atoms with Crippen LogP contribution in [0.1, 0.15) is 11.1 Å². The normalized spacial score (nSPS) is 12.9. The first-order chi connectivity index (χ1) is 5.68. The SMILES string of the molecule is O=C(O)C1=Cc2cc(Br)ccc21. The van der Waals surface area contributed by atoms with E-state index in [9.17, 15) is 4.79 Å². The molecule has 2 nitrogen and oxygen atoms in total. The molecule has 0 saturated carbocycles. The number of benzene rings is 1. The summed E-state index contributed by atoms with van der Waals surface area (Å²) in [5, 5.41) is 8.67. The maximum atomic E-state index is 10.5. The Morgan fingerprint density at radius 1 is 1.42 bits per heavy atom. The highest BCUT2D eigenvalue weighted by Crippen LogP contribution is 2.34. The second kappa shape index (κ2) is 2.45. The first-order valence-corrected chi connectivity index (χ1v) is 4.23. The first-order valence-electron chi connectivity index (χ1n) is 3.43. The van der Waals surface area contributed by atoms with Crippen molar-refractivity contribution in [2.24, 2.45) is 0 Å². The summed E-state index contributed by atoms with van der Waals surface area (Å²) in [6, 6.07) is 5.55. The van der Waals surface area contributed by atoms with Gasteiger partial charge in [-0.25, -0.2) is 4.79 Å². The Kier molecular flexibility index (Phi) is 1.54. The highest BCUT2D eigenvalue weighted by atomic mass is 79.9. The van der Waals surface area contributed by atoms with Gasteiger partial charge in [0.05, 0.1) is 5.57 Å². The average molecular weight is 225 g/mol. The van der Waals surface area contributed by atoms with Gasteiger partial charge in [0.2, 0.25) is 0 Å². The van der Waals surface area contributed by atoms with Crippen LogP contribution >= 0.6 is 15.9 Å². The summed E-state index contributed by atoms with van der Waals surface area (Å²) in [7, 11) is 0. The number of carbonyl (C=O) groups is 1. The Labute approximate surface area is 77.7 Å². The van der Waals surface area contributed by atoms with Crippen LogP contribution in [0.15, 0.2) is 22.7 Å². The number of fused-ring (bicyclic) bond motifs is 1. The highest BCUT2D eigenvalue weighted by molar-refractivity contribution is 9.10. The molecule has 1 aliphatic carbocycles. The molecule has 0 heterocycles. The molecule has 1 aromatic rings. The van der Waals surface area contributed by atoms with Crippen molar-refractivity contribution in [3.63, 3.8) is 0 Å². The van der Waals surface area contributed by atoms with Crippen molar-refractivity contribution >= 4 is 33.5 Å². The predicted octanol–water partition coefficient (Wildman–Crippen LogP) is 2.39. The van der Waals surface area contributed by atoms with Crippen LogP contribution in [-0.2, 0) is 4.79 Å².